The van der Waals surface area contributed by atoms with Gasteiger partial charge in [0.15, 0.2) is 0 Å². The number of unbranched alkanes of at least 4 members (excludes halogenated alkanes) is 5. The Morgan fingerprint density at radius 2 is 1.47 bits per heavy atom. The summed E-state index contributed by atoms with van der Waals surface area (Å²) in [4.78, 5) is 36.7. The van der Waals surface area contributed by atoms with Crippen molar-refractivity contribution in [2.24, 2.45) is 5.41 Å². The first-order valence-corrected chi connectivity index (χ1v) is 11.8. The highest BCUT2D eigenvalue weighted by Gasteiger charge is 2.41. The molecule has 0 aromatic heterocycles. The predicted octanol–water partition coefficient (Wildman–Crippen LogP) is 6.70. The summed E-state index contributed by atoms with van der Waals surface area (Å²) in [7, 11) is 0. The van der Waals surface area contributed by atoms with Gasteiger partial charge in [0.25, 0.3) is 0 Å². The lowest BCUT2D eigenvalue weighted by molar-refractivity contribution is -0.155. The normalized spacial score (nSPS) is 13.2. The van der Waals surface area contributed by atoms with Gasteiger partial charge in [-0.25, -0.2) is 4.79 Å². The van der Waals surface area contributed by atoms with E-state index in [1.54, 1.807) is 20.8 Å². The fourth-order valence-corrected chi connectivity index (χ4v) is 3.84. The fourth-order valence-electron chi connectivity index (χ4n) is 3.84. The maximum Gasteiger partial charge on any atom is 0.516 e. The summed E-state index contributed by atoms with van der Waals surface area (Å²) in [5.74, 6) is -1.53. The third-order valence-corrected chi connectivity index (χ3v) is 5.44. The molecular formula is C26H40O6. The molecule has 180 valence electrons. The minimum atomic E-state index is -1.01. The second kappa shape index (κ2) is 13.9. The van der Waals surface area contributed by atoms with Crippen LogP contribution in [0.15, 0.2) is 30.3 Å². The first-order valence-electron chi connectivity index (χ1n) is 11.8. The highest BCUT2D eigenvalue weighted by Crippen LogP contribution is 2.37. The molecule has 0 bridgehead atoms. The summed E-state index contributed by atoms with van der Waals surface area (Å²) >= 11 is 0. The van der Waals surface area contributed by atoms with Crippen molar-refractivity contribution in [3.05, 3.63) is 35.9 Å². The standard InChI is InChI=1S/C26H40O6/c1-5-6-7-8-9-13-18-26(19-14-17-22(27)28,20-21-15-11-10-12-16-21)23(29)31-24(30)32-25(2,3)4/h10-12,15-16H,5-9,13-14,17-20H2,1-4H3,(H,27,28). The number of carboxylic acid groups (broad SMARTS) is 1. The van der Waals surface area contributed by atoms with Crippen molar-refractivity contribution in [3.8, 4) is 0 Å². The van der Waals surface area contributed by atoms with Gasteiger partial charge in [-0.1, -0.05) is 75.8 Å². The maximum absolute atomic E-state index is 13.3. The Kier molecular flexibility index (Phi) is 12.0. The molecule has 1 unspecified atom stereocenters. The molecule has 1 atom stereocenters. The number of hydrogen-bond acceptors (Lipinski definition) is 5. The van der Waals surface area contributed by atoms with Crippen LogP contribution >= 0.6 is 0 Å². The highest BCUT2D eigenvalue weighted by molar-refractivity contribution is 5.86. The average molecular weight is 449 g/mol. The van der Waals surface area contributed by atoms with E-state index in [-0.39, 0.29) is 6.42 Å². The van der Waals surface area contributed by atoms with E-state index in [0.717, 1.165) is 37.7 Å². The van der Waals surface area contributed by atoms with Crippen molar-refractivity contribution in [2.45, 2.75) is 104 Å². The van der Waals surface area contributed by atoms with Gasteiger partial charge in [-0.15, -0.1) is 0 Å². The molecule has 0 spiro atoms. The molecular weight excluding hydrogens is 408 g/mol. The zero-order chi connectivity index (χ0) is 24.0. The van der Waals surface area contributed by atoms with Crippen LogP contribution in [0, 0.1) is 5.41 Å². The minimum absolute atomic E-state index is 0.0350. The van der Waals surface area contributed by atoms with E-state index in [1.807, 2.05) is 30.3 Å². The van der Waals surface area contributed by atoms with Crippen molar-refractivity contribution >= 4 is 18.1 Å². The summed E-state index contributed by atoms with van der Waals surface area (Å²) in [6, 6.07) is 9.59. The highest BCUT2D eigenvalue weighted by atomic mass is 16.7. The molecule has 6 nitrogen and oxygen atoms in total. The molecule has 0 saturated carbocycles. The SMILES string of the molecule is CCCCCCCCC(CCCC(=O)O)(Cc1ccccc1)C(=O)OC(=O)OC(C)(C)C. The lowest BCUT2D eigenvalue weighted by atomic mass is 9.73. The fraction of sp³-hybridized carbons (Fsp3) is 0.654. The van der Waals surface area contributed by atoms with Crippen LogP contribution in [0.3, 0.4) is 0 Å². The van der Waals surface area contributed by atoms with Gasteiger partial charge in [0.05, 0.1) is 5.41 Å². The Labute approximate surface area is 192 Å². The van der Waals surface area contributed by atoms with Gasteiger partial charge in [0.2, 0.25) is 0 Å². The van der Waals surface area contributed by atoms with Gasteiger partial charge in [0.1, 0.15) is 5.60 Å². The molecule has 0 amide bonds. The number of rotatable bonds is 14. The summed E-state index contributed by atoms with van der Waals surface area (Å²) in [6.07, 6.45) is 6.94. The molecule has 0 aliphatic heterocycles. The van der Waals surface area contributed by atoms with E-state index in [2.05, 4.69) is 6.92 Å². The predicted molar refractivity (Wildman–Crippen MR) is 124 cm³/mol. The van der Waals surface area contributed by atoms with E-state index in [9.17, 15) is 14.4 Å². The second-order valence-electron chi connectivity index (χ2n) is 9.56. The molecule has 1 aromatic rings. The molecule has 0 aliphatic rings. The van der Waals surface area contributed by atoms with Crippen LogP contribution in [-0.4, -0.2) is 28.8 Å². The van der Waals surface area contributed by atoms with Crippen molar-refractivity contribution in [3.63, 3.8) is 0 Å². The summed E-state index contributed by atoms with van der Waals surface area (Å²) in [5, 5.41) is 9.12. The third-order valence-electron chi connectivity index (χ3n) is 5.44. The largest absolute Gasteiger partial charge is 0.516 e. The number of carbonyl (C=O) groups is 3. The van der Waals surface area contributed by atoms with E-state index in [1.165, 1.54) is 6.42 Å². The molecule has 0 fully saturated rings. The lowest BCUT2D eigenvalue weighted by Gasteiger charge is -2.32. The van der Waals surface area contributed by atoms with Gasteiger partial charge in [-0.3, -0.25) is 9.59 Å². The number of carboxylic acids is 1. The number of benzene rings is 1. The van der Waals surface area contributed by atoms with E-state index in [0.29, 0.717) is 25.7 Å². The maximum atomic E-state index is 13.3. The van der Waals surface area contributed by atoms with Crippen molar-refractivity contribution < 1.29 is 29.0 Å². The molecule has 0 heterocycles. The smallest absolute Gasteiger partial charge is 0.481 e. The molecule has 0 radical (unpaired) electrons. The molecule has 32 heavy (non-hydrogen) atoms. The van der Waals surface area contributed by atoms with E-state index in [4.69, 9.17) is 14.6 Å². The zero-order valence-corrected chi connectivity index (χ0v) is 20.2. The molecule has 1 N–H and O–H groups in total. The minimum Gasteiger partial charge on any atom is -0.481 e. The molecule has 0 saturated heterocycles. The Morgan fingerprint density at radius 3 is 2.06 bits per heavy atom. The van der Waals surface area contributed by atoms with Crippen molar-refractivity contribution in [1.82, 2.24) is 0 Å². The number of hydrogen-bond donors (Lipinski definition) is 1. The van der Waals surface area contributed by atoms with Crippen LogP contribution in [0.5, 0.6) is 0 Å². The van der Waals surface area contributed by atoms with Gasteiger partial charge < -0.3 is 14.6 Å². The Morgan fingerprint density at radius 1 is 0.875 bits per heavy atom. The Balaban J connectivity index is 3.06. The number of ether oxygens (including phenoxy) is 2. The van der Waals surface area contributed by atoms with Gasteiger partial charge in [-0.05, 0) is 52.0 Å². The number of carbonyl (C=O) groups excluding carboxylic acids is 2. The summed E-state index contributed by atoms with van der Waals surface area (Å²) in [6.45, 7) is 7.29. The molecule has 1 aromatic carbocycles. The molecule has 6 heteroatoms. The summed E-state index contributed by atoms with van der Waals surface area (Å²) in [5.41, 5.74) is -0.796. The van der Waals surface area contributed by atoms with Crippen LogP contribution < -0.4 is 0 Å². The monoisotopic (exact) mass is 448 g/mol. The quantitative estimate of drug-likeness (QED) is 0.193. The van der Waals surface area contributed by atoms with Crippen LogP contribution in [-0.2, 0) is 25.5 Å². The average Bonchev–Trinajstić information content (AvgIpc) is 2.69. The Hall–Kier alpha value is -2.37. The zero-order valence-electron chi connectivity index (χ0n) is 20.2. The Bertz CT molecular complexity index is 707. The van der Waals surface area contributed by atoms with E-state index < -0.39 is 29.1 Å². The molecule has 0 aliphatic carbocycles. The van der Waals surface area contributed by atoms with Gasteiger partial charge in [0, 0.05) is 6.42 Å². The van der Waals surface area contributed by atoms with Crippen LogP contribution in [0.2, 0.25) is 0 Å². The lowest BCUT2D eigenvalue weighted by Crippen LogP contribution is -2.38. The number of aliphatic carboxylic acids is 1. The second-order valence-corrected chi connectivity index (χ2v) is 9.56. The topological polar surface area (TPSA) is 89.9 Å². The first-order chi connectivity index (χ1) is 15.1. The number of esters is 1. The third kappa shape index (κ3) is 11.3. The first kappa shape index (κ1) is 27.7. The van der Waals surface area contributed by atoms with Gasteiger partial charge >= 0.3 is 18.1 Å². The molecule has 1 rings (SSSR count). The van der Waals surface area contributed by atoms with Crippen LogP contribution in [0.25, 0.3) is 0 Å². The van der Waals surface area contributed by atoms with E-state index >= 15 is 0 Å². The van der Waals surface area contributed by atoms with Gasteiger partial charge in [-0.2, -0.15) is 0 Å². The van der Waals surface area contributed by atoms with Crippen LogP contribution in [0.1, 0.15) is 97.5 Å². The van der Waals surface area contributed by atoms with Crippen molar-refractivity contribution in [2.75, 3.05) is 0 Å². The summed E-state index contributed by atoms with van der Waals surface area (Å²) < 4.78 is 10.4. The van der Waals surface area contributed by atoms with Crippen LogP contribution in [0.4, 0.5) is 4.79 Å². The van der Waals surface area contributed by atoms with Crippen molar-refractivity contribution in [1.29, 1.82) is 0 Å².